The number of hydrogen-bond acceptors (Lipinski definition) is 1. The maximum Gasteiger partial charge on any atom is 0.322 e. The van der Waals surface area contributed by atoms with Crippen molar-refractivity contribution in [2.75, 3.05) is 11.9 Å². The Labute approximate surface area is 138 Å². The highest BCUT2D eigenvalue weighted by Gasteiger charge is 2.29. The van der Waals surface area contributed by atoms with Crippen LogP contribution in [0.2, 0.25) is 0 Å². The van der Waals surface area contributed by atoms with Gasteiger partial charge in [0.1, 0.15) is 0 Å². The first-order chi connectivity index (χ1) is 11.2. The SMILES string of the molecule is CCc1ccc(NC(=O)N2CCC[C@@H]2c2cccc(C)c2)cc1. The molecule has 0 unspecified atom stereocenters. The smallest absolute Gasteiger partial charge is 0.317 e. The summed E-state index contributed by atoms with van der Waals surface area (Å²) in [6, 6.07) is 16.8. The predicted octanol–water partition coefficient (Wildman–Crippen LogP) is 4.93. The number of anilines is 1. The van der Waals surface area contributed by atoms with E-state index in [1.807, 2.05) is 17.0 Å². The third-order valence-electron chi connectivity index (χ3n) is 4.55. The number of likely N-dealkylation sites (tertiary alicyclic amines) is 1. The molecule has 0 aliphatic carbocycles. The minimum Gasteiger partial charge on any atom is -0.317 e. The molecule has 0 radical (unpaired) electrons. The summed E-state index contributed by atoms with van der Waals surface area (Å²) in [7, 11) is 0. The molecule has 1 aliphatic heterocycles. The zero-order chi connectivity index (χ0) is 16.2. The lowest BCUT2D eigenvalue weighted by Gasteiger charge is -2.25. The van der Waals surface area contributed by atoms with Crippen LogP contribution in [-0.4, -0.2) is 17.5 Å². The van der Waals surface area contributed by atoms with E-state index in [4.69, 9.17) is 0 Å². The molecule has 2 aromatic carbocycles. The van der Waals surface area contributed by atoms with Gasteiger partial charge in [0.2, 0.25) is 0 Å². The van der Waals surface area contributed by atoms with Crippen molar-refractivity contribution < 1.29 is 4.79 Å². The van der Waals surface area contributed by atoms with Crippen LogP contribution >= 0.6 is 0 Å². The van der Waals surface area contributed by atoms with E-state index >= 15 is 0 Å². The minimum absolute atomic E-state index is 0.00162. The number of nitrogens with zero attached hydrogens (tertiary/aromatic N) is 1. The van der Waals surface area contributed by atoms with Gasteiger partial charge in [0.25, 0.3) is 0 Å². The van der Waals surface area contributed by atoms with Crippen molar-refractivity contribution in [3.63, 3.8) is 0 Å². The van der Waals surface area contributed by atoms with Crippen LogP contribution in [0.3, 0.4) is 0 Å². The van der Waals surface area contributed by atoms with Gasteiger partial charge in [0.05, 0.1) is 6.04 Å². The van der Waals surface area contributed by atoms with Crippen molar-refractivity contribution in [2.45, 2.75) is 39.2 Å². The van der Waals surface area contributed by atoms with E-state index in [9.17, 15) is 4.79 Å². The lowest BCUT2D eigenvalue weighted by molar-refractivity contribution is 0.207. The van der Waals surface area contributed by atoms with Gasteiger partial charge < -0.3 is 10.2 Å². The molecule has 2 amide bonds. The summed E-state index contributed by atoms with van der Waals surface area (Å²) in [4.78, 5) is 14.6. The van der Waals surface area contributed by atoms with E-state index in [0.29, 0.717) is 0 Å². The first-order valence-corrected chi connectivity index (χ1v) is 8.40. The van der Waals surface area contributed by atoms with Gasteiger partial charge >= 0.3 is 6.03 Å². The molecule has 1 atom stereocenters. The Hall–Kier alpha value is -2.29. The molecule has 3 nitrogen and oxygen atoms in total. The number of carbonyl (C=O) groups excluding carboxylic acids is 1. The highest BCUT2D eigenvalue weighted by atomic mass is 16.2. The van der Waals surface area contributed by atoms with Crippen molar-refractivity contribution in [3.05, 3.63) is 65.2 Å². The number of amides is 2. The molecular weight excluding hydrogens is 284 g/mol. The van der Waals surface area contributed by atoms with Crippen LogP contribution in [0.25, 0.3) is 0 Å². The highest BCUT2D eigenvalue weighted by molar-refractivity contribution is 5.89. The fraction of sp³-hybridized carbons (Fsp3) is 0.350. The maximum absolute atomic E-state index is 12.7. The number of nitrogens with one attached hydrogen (secondary N) is 1. The van der Waals surface area contributed by atoms with Gasteiger partial charge in [-0.15, -0.1) is 0 Å². The van der Waals surface area contributed by atoms with Gasteiger partial charge in [0, 0.05) is 12.2 Å². The minimum atomic E-state index is -0.00162. The van der Waals surface area contributed by atoms with Crippen molar-refractivity contribution >= 4 is 11.7 Å². The summed E-state index contributed by atoms with van der Waals surface area (Å²) >= 11 is 0. The van der Waals surface area contributed by atoms with Crippen LogP contribution in [0.4, 0.5) is 10.5 Å². The van der Waals surface area contributed by atoms with Crippen LogP contribution in [0.5, 0.6) is 0 Å². The molecule has 0 saturated carbocycles. The van der Waals surface area contributed by atoms with E-state index in [0.717, 1.165) is 31.5 Å². The Morgan fingerprint density at radius 1 is 1.22 bits per heavy atom. The lowest BCUT2D eigenvalue weighted by Crippen LogP contribution is -2.34. The first kappa shape index (κ1) is 15.6. The summed E-state index contributed by atoms with van der Waals surface area (Å²) in [5, 5.41) is 3.04. The summed E-state index contributed by atoms with van der Waals surface area (Å²) in [6.45, 7) is 5.04. The average Bonchev–Trinajstić information content (AvgIpc) is 3.05. The van der Waals surface area contributed by atoms with Gasteiger partial charge in [-0.25, -0.2) is 4.79 Å². The van der Waals surface area contributed by atoms with E-state index in [1.165, 1.54) is 16.7 Å². The summed E-state index contributed by atoms with van der Waals surface area (Å²) in [5.41, 5.74) is 4.62. The van der Waals surface area contributed by atoms with E-state index in [1.54, 1.807) is 0 Å². The fourth-order valence-corrected chi connectivity index (χ4v) is 3.25. The molecule has 1 aliphatic rings. The van der Waals surface area contributed by atoms with Crippen molar-refractivity contribution in [3.8, 4) is 0 Å². The van der Waals surface area contributed by atoms with Crippen molar-refractivity contribution in [1.82, 2.24) is 4.90 Å². The van der Waals surface area contributed by atoms with Crippen molar-refractivity contribution in [2.24, 2.45) is 0 Å². The molecule has 0 spiro atoms. The molecule has 1 fully saturated rings. The average molecular weight is 308 g/mol. The van der Waals surface area contributed by atoms with E-state index < -0.39 is 0 Å². The van der Waals surface area contributed by atoms with E-state index in [-0.39, 0.29) is 12.1 Å². The molecule has 3 rings (SSSR count). The highest BCUT2D eigenvalue weighted by Crippen LogP contribution is 2.32. The maximum atomic E-state index is 12.7. The number of benzene rings is 2. The van der Waals surface area contributed by atoms with Crippen LogP contribution in [0, 0.1) is 6.92 Å². The van der Waals surface area contributed by atoms with Crippen LogP contribution < -0.4 is 5.32 Å². The van der Waals surface area contributed by atoms with Gasteiger partial charge in [-0.2, -0.15) is 0 Å². The second kappa shape index (κ2) is 6.86. The fourth-order valence-electron chi connectivity index (χ4n) is 3.25. The Bertz CT molecular complexity index is 678. The molecule has 3 heteroatoms. The topological polar surface area (TPSA) is 32.3 Å². The number of aryl methyl sites for hydroxylation is 2. The predicted molar refractivity (Wildman–Crippen MR) is 94.7 cm³/mol. The number of hydrogen-bond donors (Lipinski definition) is 1. The summed E-state index contributed by atoms with van der Waals surface area (Å²) in [6.07, 6.45) is 3.10. The van der Waals surface area contributed by atoms with Crippen LogP contribution in [0.1, 0.15) is 42.5 Å². The van der Waals surface area contributed by atoms with Crippen LogP contribution in [0.15, 0.2) is 48.5 Å². The Kier molecular flexibility index (Phi) is 4.65. The number of rotatable bonds is 3. The molecular formula is C20H24N2O. The lowest BCUT2D eigenvalue weighted by atomic mass is 10.0. The quantitative estimate of drug-likeness (QED) is 0.857. The molecule has 0 aromatic heterocycles. The van der Waals surface area contributed by atoms with E-state index in [2.05, 4.69) is 55.6 Å². The molecule has 1 saturated heterocycles. The standard InChI is InChI=1S/C20H24N2O/c1-3-16-9-11-18(12-10-16)21-20(23)22-13-5-8-19(22)17-7-4-6-15(2)14-17/h4,6-7,9-12,14,19H,3,5,8,13H2,1-2H3,(H,21,23)/t19-/m1/s1. The van der Waals surface area contributed by atoms with Crippen LogP contribution in [-0.2, 0) is 6.42 Å². The Balaban J connectivity index is 1.72. The normalized spacial score (nSPS) is 17.3. The third-order valence-corrected chi connectivity index (χ3v) is 4.55. The van der Waals surface area contributed by atoms with Gasteiger partial charge in [-0.3, -0.25) is 0 Å². The molecule has 23 heavy (non-hydrogen) atoms. The third kappa shape index (κ3) is 3.55. The molecule has 1 N–H and O–H groups in total. The molecule has 2 aromatic rings. The number of urea groups is 1. The molecule has 0 bridgehead atoms. The van der Waals surface area contributed by atoms with Gasteiger partial charge in [0.15, 0.2) is 0 Å². The van der Waals surface area contributed by atoms with Gasteiger partial charge in [-0.05, 0) is 49.4 Å². The second-order valence-corrected chi connectivity index (χ2v) is 6.25. The first-order valence-electron chi connectivity index (χ1n) is 8.40. The van der Waals surface area contributed by atoms with Gasteiger partial charge in [-0.1, -0.05) is 48.9 Å². The summed E-state index contributed by atoms with van der Waals surface area (Å²) < 4.78 is 0. The zero-order valence-corrected chi connectivity index (χ0v) is 13.9. The largest absolute Gasteiger partial charge is 0.322 e. The Morgan fingerprint density at radius 3 is 2.70 bits per heavy atom. The number of carbonyl (C=O) groups is 1. The summed E-state index contributed by atoms with van der Waals surface area (Å²) in [5.74, 6) is 0. The molecule has 120 valence electrons. The second-order valence-electron chi connectivity index (χ2n) is 6.25. The Morgan fingerprint density at radius 2 is 2.00 bits per heavy atom. The monoisotopic (exact) mass is 308 g/mol. The molecule has 1 heterocycles. The zero-order valence-electron chi connectivity index (χ0n) is 13.9. The van der Waals surface area contributed by atoms with Crippen molar-refractivity contribution in [1.29, 1.82) is 0 Å².